The number of sulfonamides is 1. The smallest absolute Gasteiger partial charge is 0.266 e. The van der Waals surface area contributed by atoms with Crippen LogP contribution in [0.25, 0.3) is 0 Å². The van der Waals surface area contributed by atoms with Crippen LogP contribution in [0.2, 0.25) is 0 Å². The van der Waals surface area contributed by atoms with E-state index in [9.17, 15) is 8.42 Å². The molecule has 0 aliphatic heterocycles. The molecular weight excluding hydrogens is 252 g/mol. The predicted octanol–water partition coefficient (Wildman–Crippen LogP) is 1.53. The lowest BCUT2D eigenvalue weighted by atomic mass is 10.2. The summed E-state index contributed by atoms with van der Waals surface area (Å²) in [4.78, 5) is 4.27. The molecule has 6 nitrogen and oxygen atoms in total. The Morgan fingerprint density at radius 1 is 1.22 bits per heavy atom. The quantitative estimate of drug-likeness (QED) is 0.881. The van der Waals surface area contributed by atoms with Crippen LogP contribution in [0.4, 0.5) is 5.82 Å². The lowest BCUT2D eigenvalue weighted by molar-refractivity contribution is 0.600. The normalized spacial score (nSPS) is 11.5. The van der Waals surface area contributed by atoms with Gasteiger partial charge in [-0.2, -0.15) is 5.10 Å². The topological polar surface area (TPSA) is 87.7 Å². The third kappa shape index (κ3) is 2.51. The number of aromatic amines is 1. The average molecular weight is 266 g/mol. The van der Waals surface area contributed by atoms with Gasteiger partial charge in [-0.25, -0.2) is 13.4 Å². The average Bonchev–Trinajstić information content (AvgIpc) is 2.62. The van der Waals surface area contributed by atoms with Gasteiger partial charge < -0.3 is 0 Å². The van der Waals surface area contributed by atoms with E-state index in [0.717, 1.165) is 11.3 Å². The van der Waals surface area contributed by atoms with E-state index >= 15 is 0 Å². The maximum Gasteiger partial charge on any atom is 0.266 e. The molecule has 0 aromatic carbocycles. The summed E-state index contributed by atoms with van der Waals surface area (Å²) < 4.78 is 26.6. The third-order valence-electron chi connectivity index (χ3n) is 2.41. The number of rotatable bonds is 3. The van der Waals surface area contributed by atoms with Gasteiger partial charge in [0.1, 0.15) is 10.7 Å². The fraction of sp³-hybridized carbons (Fsp3) is 0.273. The molecule has 96 valence electrons. The van der Waals surface area contributed by atoms with Crippen LogP contribution in [0.3, 0.4) is 0 Å². The molecule has 0 bridgehead atoms. The van der Waals surface area contributed by atoms with Gasteiger partial charge in [-0.1, -0.05) is 0 Å². The predicted molar refractivity (Wildman–Crippen MR) is 67.8 cm³/mol. The standard InChI is InChI=1S/C11H14N4O2S/c1-7-4-8(2)13-11(5-7)15-18(16,17)10-6-12-14-9(10)3/h4-6H,1-3H3,(H,12,14)(H,13,15). The number of nitrogens with zero attached hydrogens (tertiary/aromatic N) is 2. The molecule has 0 saturated heterocycles. The van der Waals surface area contributed by atoms with Gasteiger partial charge in [-0.3, -0.25) is 9.82 Å². The molecule has 2 aromatic heterocycles. The highest BCUT2D eigenvalue weighted by Crippen LogP contribution is 2.17. The van der Waals surface area contributed by atoms with Gasteiger partial charge in [0, 0.05) is 5.69 Å². The largest absolute Gasteiger partial charge is 0.281 e. The molecule has 0 atom stereocenters. The van der Waals surface area contributed by atoms with Crippen molar-refractivity contribution in [3.05, 3.63) is 35.3 Å². The van der Waals surface area contributed by atoms with Crippen molar-refractivity contribution in [3.8, 4) is 0 Å². The molecule has 0 fully saturated rings. The van der Waals surface area contributed by atoms with E-state index in [1.807, 2.05) is 19.9 Å². The highest BCUT2D eigenvalue weighted by molar-refractivity contribution is 7.92. The summed E-state index contributed by atoms with van der Waals surface area (Å²) in [5.41, 5.74) is 2.20. The molecule has 7 heteroatoms. The summed E-state index contributed by atoms with van der Waals surface area (Å²) in [6.45, 7) is 5.35. The molecule has 2 N–H and O–H groups in total. The maximum atomic E-state index is 12.1. The van der Waals surface area contributed by atoms with Crippen LogP contribution in [-0.2, 0) is 10.0 Å². The van der Waals surface area contributed by atoms with Gasteiger partial charge in [0.25, 0.3) is 10.0 Å². The van der Waals surface area contributed by atoms with Crippen LogP contribution in [0.5, 0.6) is 0 Å². The van der Waals surface area contributed by atoms with Gasteiger partial charge in [-0.05, 0) is 38.5 Å². The summed E-state index contributed by atoms with van der Waals surface area (Å²) in [5.74, 6) is 0.313. The number of aryl methyl sites for hydroxylation is 3. The molecule has 0 spiro atoms. The number of H-pyrrole nitrogens is 1. The molecule has 2 rings (SSSR count). The molecule has 0 unspecified atom stereocenters. The Kier molecular flexibility index (Phi) is 3.08. The molecule has 0 aliphatic carbocycles. The Morgan fingerprint density at radius 2 is 1.94 bits per heavy atom. The van der Waals surface area contributed by atoms with Crippen LogP contribution in [0, 0.1) is 20.8 Å². The Morgan fingerprint density at radius 3 is 2.50 bits per heavy atom. The van der Waals surface area contributed by atoms with E-state index in [2.05, 4.69) is 19.9 Å². The highest BCUT2D eigenvalue weighted by Gasteiger charge is 2.19. The van der Waals surface area contributed by atoms with E-state index in [1.54, 1.807) is 13.0 Å². The van der Waals surface area contributed by atoms with Gasteiger partial charge in [0.2, 0.25) is 0 Å². The first-order chi connectivity index (χ1) is 8.38. The van der Waals surface area contributed by atoms with Crippen LogP contribution in [0.15, 0.2) is 23.2 Å². The number of aromatic nitrogens is 3. The molecule has 2 heterocycles. The first-order valence-electron chi connectivity index (χ1n) is 5.36. The van der Waals surface area contributed by atoms with Gasteiger partial charge >= 0.3 is 0 Å². The summed E-state index contributed by atoms with van der Waals surface area (Å²) >= 11 is 0. The van der Waals surface area contributed by atoms with Crippen LogP contribution < -0.4 is 4.72 Å². The van der Waals surface area contributed by atoms with Crippen molar-refractivity contribution in [2.24, 2.45) is 0 Å². The summed E-state index contributed by atoms with van der Waals surface area (Å²) in [7, 11) is -3.64. The second kappa shape index (κ2) is 4.41. The van der Waals surface area contributed by atoms with Crippen molar-refractivity contribution in [1.82, 2.24) is 15.2 Å². The van der Waals surface area contributed by atoms with Gasteiger partial charge in [-0.15, -0.1) is 0 Å². The lowest BCUT2D eigenvalue weighted by Gasteiger charge is -2.07. The van der Waals surface area contributed by atoms with Crippen molar-refractivity contribution >= 4 is 15.8 Å². The van der Waals surface area contributed by atoms with Crippen molar-refractivity contribution in [2.45, 2.75) is 25.7 Å². The highest BCUT2D eigenvalue weighted by atomic mass is 32.2. The van der Waals surface area contributed by atoms with Crippen LogP contribution >= 0.6 is 0 Å². The SMILES string of the molecule is Cc1cc(C)nc(NS(=O)(=O)c2cn[nH]c2C)c1. The molecule has 2 aromatic rings. The molecule has 0 aliphatic rings. The van der Waals surface area contributed by atoms with E-state index in [0.29, 0.717) is 11.5 Å². The number of hydrogen-bond donors (Lipinski definition) is 2. The minimum absolute atomic E-state index is 0.128. The van der Waals surface area contributed by atoms with Gasteiger partial charge in [0.05, 0.1) is 11.9 Å². The van der Waals surface area contributed by atoms with E-state index in [4.69, 9.17) is 0 Å². The Balaban J connectivity index is 2.37. The number of pyridine rings is 1. The Bertz CT molecular complexity index is 656. The fourth-order valence-electron chi connectivity index (χ4n) is 1.70. The molecule has 0 saturated carbocycles. The first-order valence-corrected chi connectivity index (χ1v) is 6.85. The van der Waals surface area contributed by atoms with E-state index in [-0.39, 0.29) is 4.90 Å². The summed E-state index contributed by atoms with van der Waals surface area (Å²) in [6, 6.07) is 3.56. The Hall–Kier alpha value is -1.89. The zero-order valence-corrected chi connectivity index (χ0v) is 11.2. The zero-order chi connectivity index (χ0) is 13.3. The Labute approximate surface area is 106 Å². The monoisotopic (exact) mass is 266 g/mol. The number of hydrogen-bond acceptors (Lipinski definition) is 4. The lowest BCUT2D eigenvalue weighted by Crippen LogP contribution is -2.14. The second-order valence-electron chi connectivity index (χ2n) is 4.14. The van der Waals surface area contributed by atoms with E-state index < -0.39 is 10.0 Å². The zero-order valence-electron chi connectivity index (χ0n) is 10.4. The second-order valence-corrected chi connectivity index (χ2v) is 5.79. The van der Waals surface area contributed by atoms with E-state index in [1.165, 1.54) is 6.20 Å². The summed E-state index contributed by atoms with van der Waals surface area (Å²) in [5, 5.41) is 6.29. The van der Waals surface area contributed by atoms with Gasteiger partial charge in [0.15, 0.2) is 0 Å². The van der Waals surface area contributed by atoms with Crippen molar-refractivity contribution in [3.63, 3.8) is 0 Å². The fourth-order valence-corrected chi connectivity index (χ4v) is 2.83. The van der Waals surface area contributed by atoms with Crippen LogP contribution in [0.1, 0.15) is 17.0 Å². The molecule has 0 amide bonds. The third-order valence-corrected chi connectivity index (χ3v) is 3.88. The number of anilines is 1. The van der Waals surface area contributed by atoms with Crippen molar-refractivity contribution in [1.29, 1.82) is 0 Å². The minimum atomic E-state index is -3.64. The van der Waals surface area contributed by atoms with Crippen molar-refractivity contribution in [2.75, 3.05) is 4.72 Å². The van der Waals surface area contributed by atoms with Crippen molar-refractivity contribution < 1.29 is 8.42 Å². The maximum absolute atomic E-state index is 12.1. The molecular formula is C11H14N4O2S. The number of nitrogens with one attached hydrogen (secondary N) is 2. The molecule has 0 radical (unpaired) electrons. The summed E-state index contributed by atoms with van der Waals surface area (Å²) in [6.07, 6.45) is 1.28. The first kappa shape index (κ1) is 12.6. The molecule has 18 heavy (non-hydrogen) atoms. The van der Waals surface area contributed by atoms with Crippen LogP contribution in [-0.4, -0.2) is 23.6 Å². The minimum Gasteiger partial charge on any atom is -0.281 e.